The molecule has 0 saturated heterocycles. The van der Waals surface area contributed by atoms with E-state index in [0.29, 0.717) is 25.7 Å². The van der Waals surface area contributed by atoms with Crippen LogP contribution >= 0.6 is 0 Å². The Morgan fingerprint density at radius 1 is 1.32 bits per heavy atom. The predicted octanol–water partition coefficient (Wildman–Crippen LogP) is 1.79. The van der Waals surface area contributed by atoms with Gasteiger partial charge in [0.1, 0.15) is 0 Å². The van der Waals surface area contributed by atoms with Crippen molar-refractivity contribution in [3.63, 3.8) is 0 Å². The number of nitro groups is 1. The molecule has 11 heteroatoms. The van der Waals surface area contributed by atoms with Gasteiger partial charge in [0.05, 0.1) is 11.5 Å². The number of para-hydroxylation sites is 1. The van der Waals surface area contributed by atoms with Gasteiger partial charge < -0.3 is 15.5 Å². The first-order chi connectivity index (χ1) is 13.2. The largest absolute Gasteiger partial charge is 0.465 e. The van der Waals surface area contributed by atoms with Gasteiger partial charge in [-0.05, 0) is 44.6 Å². The molecule has 0 unspecified atom stereocenters. The van der Waals surface area contributed by atoms with Crippen LogP contribution < -0.4 is 5.32 Å². The summed E-state index contributed by atoms with van der Waals surface area (Å²) < 4.78 is 27.4. The zero-order chi connectivity index (χ0) is 20.9. The van der Waals surface area contributed by atoms with E-state index < -0.39 is 44.3 Å². The first kappa shape index (κ1) is 22.1. The molecule has 0 bridgehead atoms. The van der Waals surface area contributed by atoms with Crippen molar-refractivity contribution in [2.24, 2.45) is 5.92 Å². The number of benzene rings is 1. The third-order valence-corrected chi connectivity index (χ3v) is 7.24. The van der Waals surface area contributed by atoms with E-state index in [4.69, 9.17) is 5.11 Å². The van der Waals surface area contributed by atoms with E-state index in [1.165, 1.54) is 18.2 Å². The summed E-state index contributed by atoms with van der Waals surface area (Å²) >= 11 is 0. The molecule has 0 radical (unpaired) electrons. The summed E-state index contributed by atoms with van der Waals surface area (Å²) in [5.74, 6) is -0.0454. The lowest BCUT2D eigenvalue weighted by Crippen LogP contribution is -2.46. The monoisotopic (exact) mass is 415 g/mol. The molecule has 0 heterocycles. The maximum atomic E-state index is 13.2. The SMILES string of the molecule is C[C@@H](C1CCC(NC(=O)O)CC1)N(CCO)S(=O)(=O)c1ccccc1[N+](=O)[O-]. The molecule has 0 aromatic heterocycles. The molecule has 0 spiro atoms. The molecule has 3 N–H and O–H groups in total. The van der Waals surface area contributed by atoms with Crippen molar-refractivity contribution in [2.75, 3.05) is 13.2 Å². The lowest BCUT2D eigenvalue weighted by atomic mass is 9.82. The van der Waals surface area contributed by atoms with Gasteiger partial charge in [0, 0.05) is 24.7 Å². The van der Waals surface area contributed by atoms with Crippen LogP contribution in [0.4, 0.5) is 10.5 Å². The second kappa shape index (κ2) is 9.30. The van der Waals surface area contributed by atoms with Gasteiger partial charge in [-0.2, -0.15) is 4.31 Å². The number of rotatable bonds is 8. The van der Waals surface area contributed by atoms with Crippen LogP contribution in [0, 0.1) is 16.0 Å². The molecule has 1 amide bonds. The van der Waals surface area contributed by atoms with Gasteiger partial charge in [-0.1, -0.05) is 12.1 Å². The molecule has 28 heavy (non-hydrogen) atoms. The zero-order valence-electron chi connectivity index (χ0n) is 15.5. The Kier molecular flexibility index (Phi) is 7.33. The van der Waals surface area contributed by atoms with Crippen LogP contribution in [-0.4, -0.2) is 59.2 Å². The number of hydrogen-bond donors (Lipinski definition) is 3. The highest BCUT2D eigenvalue weighted by molar-refractivity contribution is 7.89. The van der Waals surface area contributed by atoms with E-state index in [0.717, 1.165) is 10.4 Å². The zero-order valence-corrected chi connectivity index (χ0v) is 16.3. The van der Waals surface area contributed by atoms with E-state index in [2.05, 4.69) is 5.32 Å². The second-order valence-electron chi connectivity index (χ2n) is 6.87. The molecule has 0 aliphatic heterocycles. The molecular weight excluding hydrogens is 390 g/mol. The van der Waals surface area contributed by atoms with Crippen molar-refractivity contribution in [1.29, 1.82) is 0 Å². The van der Waals surface area contributed by atoms with E-state index in [9.17, 15) is 28.4 Å². The Morgan fingerprint density at radius 2 is 1.93 bits per heavy atom. The normalized spacial score (nSPS) is 21.2. The number of amides is 1. The van der Waals surface area contributed by atoms with Gasteiger partial charge >= 0.3 is 6.09 Å². The van der Waals surface area contributed by atoms with Crippen molar-refractivity contribution in [3.05, 3.63) is 34.4 Å². The molecular formula is C17H25N3O7S. The van der Waals surface area contributed by atoms with E-state index in [1.807, 2.05) is 0 Å². The van der Waals surface area contributed by atoms with Crippen LogP contribution in [0.25, 0.3) is 0 Å². The molecule has 156 valence electrons. The predicted molar refractivity (Wildman–Crippen MR) is 100 cm³/mol. The minimum Gasteiger partial charge on any atom is -0.465 e. The Morgan fingerprint density at radius 3 is 2.46 bits per heavy atom. The second-order valence-corrected chi connectivity index (χ2v) is 8.72. The minimum absolute atomic E-state index is 0.0454. The molecule has 2 rings (SSSR count). The van der Waals surface area contributed by atoms with Crippen molar-refractivity contribution in [3.8, 4) is 0 Å². The number of nitrogens with zero attached hydrogens (tertiary/aromatic N) is 2. The Balaban J connectivity index is 2.25. The quantitative estimate of drug-likeness (QED) is 0.432. The first-order valence-corrected chi connectivity index (χ1v) is 10.5. The summed E-state index contributed by atoms with van der Waals surface area (Å²) in [5.41, 5.74) is -0.507. The maximum Gasteiger partial charge on any atom is 0.404 e. The number of hydrogen-bond acceptors (Lipinski definition) is 6. The topological polar surface area (TPSA) is 150 Å². The third kappa shape index (κ3) is 4.97. The smallest absolute Gasteiger partial charge is 0.404 e. The van der Waals surface area contributed by atoms with E-state index in [1.54, 1.807) is 6.92 Å². The van der Waals surface area contributed by atoms with Crippen LogP contribution in [0.2, 0.25) is 0 Å². The fraction of sp³-hybridized carbons (Fsp3) is 0.588. The summed E-state index contributed by atoms with van der Waals surface area (Å²) in [6.45, 7) is 1.13. The molecule has 1 aromatic carbocycles. The highest BCUT2D eigenvalue weighted by Crippen LogP contribution is 2.33. The van der Waals surface area contributed by atoms with Gasteiger partial charge in [-0.15, -0.1) is 0 Å². The number of aliphatic hydroxyl groups excluding tert-OH is 1. The number of nitrogens with one attached hydrogen (secondary N) is 1. The third-order valence-electron chi connectivity index (χ3n) is 5.20. The Hall–Kier alpha value is -2.24. The molecule has 10 nitrogen and oxygen atoms in total. The van der Waals surface area contributed by atoms with E-state index in [-0.39, 0.29) is 18.5 Å². The number of carbonyl (C=O) groups is 1. The Bertz CT molecular complexity index is 807. The molecule has 1 fully saturated rings. The van der Waals surface area contributed by atoms with Crippen LogP contribution in [-0.2, 0) is 10.0 Å². The van der Waals surface area contributed by atoms with Crippen LogP contribution in [0.5, 0.6) is 0 Å². The van der Waals surface area contributed by atoms with E-state index >= 15 is 0 Å². The fourth-order valence-corrected chi connectivity index (χ4v) is 5.59. The standard InChI is InChI=1S/C17H25N3O7S/c1-12(13-6-8-14(9-7-13)18-17(22)23)19(10-11-21)28(26,27)16-5-3-2-4-15(16)20(24)25/h2-5,12-14,18,21H,6-11H2,1H3,(H,22,23)/t12-,13?,14?/m0/s1. The maximum absolute atomic E-state index is 13.2. The molecule has 1 aliphatic rings. The van der Waals surface area contributed by atoms with Gasteiger partial charge in [0.2, 0.25) is 10.0 Å². The summed E-state index contributed by atoms with van der Waals surface area (Å²) in [6.07, 6.45) is 1.30. The van der Waals surface area contributed by atoms with Crippen molar-refractivity contribution in [1.82, 2.24) is 9.62 Å². The fourth-order valence-electron chi connectivity index (χ4n) is 3.75. The van der Waals surface area contributed by atoms with Gasteiger partial charge in [-0.25, -0.2) is 13.2 Å². The first-order valence-electron chi connectivity index (χ1n) is 9.04. The summed E-state index contributed by atoms with van der Waals surface area (Å²) in [5, 5.41) is 31.9. The molecule has 1 aliphatic carbocycles. The average Bonchev–Trinajstić information content (AvgIpc) is 2.65. The van der Waals surface area contributed by atoms with Gasteiger partial charge in [-0.3, -0.25) is 10.1 Å². The average molecular weight is 415 g/mol. The van der Waals surface area contributed by atoms with Crippen molar-refractivity contribution in [2.45, 2.75) is 49.6 Å². The highest BCUT2D eigenvalue weighted by Gasteiger charge is 2.38. The summed E-state index contributed by atoms with van der Waals surface area (Å²) in [7, 11) is -4.20. The molecule has 1 aromatic rings. The van der Waals surface area contributed by atoms with Crippen LogP contribution in [0.3, 0.4) is 0 Å². The minimum atomic E-state index is -4.20. The van der Waals surface area contributed by atoms with Crippen molar-refractivity contribution < 1.29 is 28.3 Å². The highest BCUT2D eigenvalue weighted by atomic mass is 32.2. The Labute approximate surface area is 163 Å². The van der Waals surface area contributed by atoms with Crippen molar-refractivity contribution >= 4 is 21.8 Å². The molecule has 1 atom stereocenters. The molecule has 1 saturated carbocycles. The lowest BCUT2D eigenvalue weighted by molar-refractivity contribution is -0.387. The van der Waals surface area contributed by atoms with Gasteiger partial charge in [0.15, 0.2) is 4.90 Å². The summed E-state index contributed by atoms with van der Waals surface area (Å²) in [6, 6.07) is 4.48. The lowest BCUT2D eigenvalue weighted by Gasteiger charge is -2.37. The summed E-state index contributed by atoms with van der Waals surface area (Å²) in [4.78, 5) is 20.9. The van der Waals surface area contributed by atoms with Crippen LogP contribution in [0.15, 0.2) is 29.2 Å². The number of sulfonamides is 1. The van der Waals surface area contributed by atoms with Gasteiger partial charge in [0.25, 0.3) is 5.69 Å². The number of aliphatic hydroxyl groups is 1. The number of nitro benzene ring substituents is 1. The van der Waals surface area contributed by atoms with Crippen LogP contribution in [0.1, 0.15) is 32.6 Å². The number of carboxylic acid groups (broad SMARTS) is 1.